The van der Waals surface area contributed by atoms with Crippen molar-refractivity contribution in [1.82, 2.24) is 29.5 Å². The molecule has 14 nitrogen and oxygen atoms in total. The van der Waals surface area contributed by atoms with Crippen LogP contribution in [0, 0.1) is 22.7 Å². The third-order valence-electron chi connectivity index (χ3n) is 3.58. The van der Waals surface area contributed by atoms with E-state index in [2.05, 4.69) is 15.5 Å². The first-order valence-electron chi connectivity index (χ1n) is 7.94. The fourth-order valence-corrected chi connectivity index (χ4v) is 2.41. The predicted molar refractivity (Wildman–Crippen MR) is 98.2 cm³/mol. The van der Waals surface area contributed by atoms with Gasteiger partial charge in [-0.1, -0.05) is 0 Å². The van der Waals surface area contributed by atoms with Crippen LogP contribution in [-0.4, -0.2) is 35.4 Å². The smallest absolute Gasteiger partial charge is 0.326 e. The minimum atomic E-state index is -0.996. The summed E-state index contributed by atoms with van der Waals surface area (Å²) in [6.07, 6.45) is 0. The summed E-state index contributed by atoms with van der Waals surface area (Å²) >= 11 is 0. The number of nitriles is 2. The molecule has 0 aliphatic heterocycles. The fourth-order valence-electron chi connectivity index (χ4n) is 2.41. The van der Waals surface area contributed by atoms with Gasteiger partial charge in [0.05, 0.1) is 11.4 Å². The third-order valence-corrected chi connectivity index (χ3v) is 3.58. The van der Waals surface area contributed by atoms with Gasteiger partial charge in [-0.15, -0.1) is 10.2 Å². The summed E-state index contributed by atoms with van der Waals surface area (Å²) in [7, 11) is 0. The van der Waals surface area contributed by atoms with Gasteiger partial charge in [-0.2, -0.15) is 19.9 Å². The van der Waals surface area contributed by atoms with Crippen molar-refractivity contribution in [1.29, 1.82) is 10.5 Å². The molecule has 0 unspecified atom stereocenters. The Kier molecular flexibility index (Phi) is 4.90. The van der Waals surface area contributed by atoms with Gasteiger partial charge in [-0.25, -0.2) is 9.59 Å². The summed E-state index contributed by atoms with van der Waals surface area (Å²) in [5, 5.41) is 27.7. The van der Waals surface area contributed by atoms with Crippen LogP contribution in [-0.2, 0) is 4.79 Å². The molecule has 0 fully saturated rings. The number of benzene rings is 1. The second-order valence-electron chi connectivity index (χ2n) is 5.68. The van der Waals surface area contributed by atoms with Crippen LogP contribution in [0.3, 0.4) is 0 Å². The molecule has 0 aliphatic carbocycles. The molecule has 3 aromatic rings. The predicted octanol–water partition coefficient (Wildman–Crippen LogP) is -2.14. The second-order valence-corrected chi connectivity index (χ2v) is 5.68. The van der Waals surface area contributed by atoms with E-state index in [1.54, 1.807) is 0 Å². The number of anilines is 1. The van der Waals surface area contributed by atoms with Gasteiger partial charge in [0.15, 0.2) is 0 Å². The molecule has 30 heavy (non-hydrogen) atoms. The Hall–Kier alpha value is -5.11. The highest BCUT2D eigenvalue weighted by atomic mass is 16.2. The van der Waals surface area contributed by atoms with Crippen molar-refractivity contribution >= 4 is 11.6 Å². The number of aromatic amines is 2. The molecule has 0 bridgehead atoms. The maximum Gasteiger partial charge on any atom is 0.349 e. The van der Waals surface area contributed by atoms with Crippen LogP contribution in [0.2, 0.25) is 0 Å². The molecule has 2 aromatic heterocycles. The van der Waals surface area contributed by atoms with Crippen LogP contribution in [0.1, 0.15) is 18.3 Å². The minimum absolute atomic E-state index is 0.0626. The average molecular weight is 407 g/mol. The number of nitrogens with one attached hydrogen (secondary N) is 3. The number of nitrogens with zero attached hydrogens (tertiary/aromatic N) is 6. The van der Waals surface area contributed by atoms with Gasteiger partial charge in [0.2, 0.25) is 17.3 Å². The maximum atomic E-state index is 12.2. The van der Waals surface area contributed by atoms with Crippen LogP contribution in [0.25, 0.3) is 11.4 Å². The molecule has 3 N–H and O–H groups in total. The lowest BCUT2D eigenvalue weighted by Crippen LogP contribution is -2.34. The number of hydrogen-bond donors (Lipinski definition) is 3. The van der Waals surface area contributed by atoms with Crippen molar-refractivity contribution in [2.75, 3.05) is 5.32 Å². The number of carbonyl (C=O) groups is 1. The van der Waals surface area contributed by atoms with E-state index >= 15 is 0 Å². The monoisotopic (exact) mass is 407 g/mol. The molecular weight excluding hydrogens is 398 g/mol. The van der Waals surface area contributed by atoms with Crippen LogP contribution >= 0.6 is 0 Å². The van der Waals surface area contributed by atoms with E-state index in [9.17, 15) is 24.0 Å². The average Bonchev–Trinajstić information content (AvgIpc) is 2.67. The lowest BCUT2D eigenvalue weighted by atomic mass is 10.2. The molecule has 0 saturated heterocycles. The number of H-pyrrole nitrogens is 2. The highest BCUT2D eigenvalue weighted by Crippen LogP contribution is 2.19. The minimum Gasteiger partial charge on any atom is -0.326 e. The van der Waals surface area contributed by atoms with Gasteiger partial charge >= 0.3 is 11.4 Å². The summed E-state index contributed by atoms with van der Waals surface area (Å²) in [5.41, 5.74) is -5.22. The Morgan fingerprint density at radius 3 is 1.70 bits per heavy atom. The zero-order chi connectivity index (χ0) is 22.0. The fraction of sp³-hybridized carbons (Fsp3) is 0.0625. The van der Waals surface area contributed by atoms with E-state index in [1.165, 1.54) is 37.3 Å². The first-order chi connectivity index (χ1) is 14.2. The van der Waals surface area contributed by atoms with Crippen molar-refractivity contribution < 1.29 is 4.79 Å². The standard InChI is InChI=1S/C16H9N9O5/c1-7(26)19-8-2-9(24-15(29)20-13(27)11(5-17)22-24)4-10(3-8)25-16(30)21-14(28)12(6-18)23-25/h2-4H,1H3,(H,19,26)(H,20,27,29)(H,21,28,30). The molecule has 0 saturated carbocycles. The SMILES string of the molecule is CC(=O)Nc1cc(-n2nc(C#N)c(=O)[nH]c2=O)cc(-n2nc(C#N)c(=O)[nH]c2=O)c1. The van der Waals surface area contributed by atoms with Gasteiger partial charge in [0, 0.05) is 12.6 Å². The van der Waals surface area contributed by atoms with E-state index in [4.69, 9.17) is 10.5 Å². The number of hydrogen-bond acceptors (Lipinski definition) is 9. The zero-order valence-electron chi connectivity index (χ0n) is 15.0. The van der Waals surface area contributed by atoms with E-state index in [0.717, 1.165) is 0 Å². The van der Waals surface area contributed by atoms with E-state index < -0.39 is 39.8 Å². The van der Waals surface area contributed by atoms with E-state index in [-0.39, 0.29) is 17.1 Å². The van der Waals surface area contributed by atoms with Crippen molar-refractivity contribution in [2.45, 2.75) is 6.92 Å². The topological polar surface area (TPSA) is 212 Å². The molecule has 3 rings (SSSR count). The number of carbonyl (C=O) groups excluding carboxylic acids is 1. The number of aromatic nitrogens is 6. The lowest BCUT2D eigenvalue weighted by Gasteiger charge is -2.11. The van der Waals surface area contributed by atoms with E-state index in [0.29, 0.717) is 9.36 Å². The highest BCUT2D eigenvalue weighted by Gasteiger charge is 2.14. The van der Waals surface area contributed by atoms with Gasteiger partial charge in [0.25, 0.3) is 11.1 Å². The van der Waals surface area contributed by atoms with Gasteiger partial charge < -0.3 is 5.32 Å². The molecule has 2 heterocycles. The Morgan fingerprint density at radius 1 is 0.900 bits per heavy atom. The Bertz CT molecular complexity index is 1410. The Balaban J connectivity index is 2.35. The first-order valence-corrected chi connectivity index (χ1v) is 7.94. The molecule has 1 amide bonds. The van der Waals surface area contributed by atoms with Crippen LogP contribution < -0.4 is 27.8 Å². The highest BCUT2D eigenvalue weighted by molar-refractivity contribution is 5.89. The molecule has 14 heteroatoms. The summed E-state index contributed by atoms with van der Waals surface area (Å²) in [4.78, 5) is 62.8. The van der Waals surface area contributed by atoms with Crippen molar-refractivity contribution in [3.05, 3.63) is 71.3 Å². The van der Waals surface area contributed by atoms with Gasteiger partial charge in [-0.3, -0.25) is 24.4 Å². The normalized spacial score (nSPS) is 10.1. The molecule has 0 spiro atoms. The van der Waals surface area contributed by atoms with Crippen molar-refractivity contribution in [3.8, 4) is 23.5 Å². The van der Waals surface area contributed by atoms with Crippen molar-refractivity contribution in [2.24, 2.45) is 0 Å². The first kappa shape index (κ1) is 19.6. The molecule has 0 aliphatic rings. The molecular formula is C16H9N9O5. The second kappa shape index (κ2) is 7.49. The Morgan fingerprint density at radius 2 is 1.33 bits per heavy atom. The maximum absolute atomic E-state index is 12.2. The van der Waals surface area contributed by atoms with Gasteiger partial charge in [0.1, 0.15) is 12.1 Å². The van der Waals surface area contributed by atoms with Crippen LogP contribution in [0.15, 0.2) is 37.4 Å². The summed E-state index contributed by atoms with van der Waals surface area (Å²) in [5.74, 6) is -0.489. The summed E-state index contributed by atoms with van der Waals surface area (Å²) in [6, 6.07) is 6.82. The lowest BCUT2D eigenvalue weighted by molar-refractivity contribution is -0.114. The zero-order valence-corrected chi connectivity index (χ0v) is 15.0. The van der Waals surface area contributed by atoms with E-state index in [1.807, 2.05) is 9.97 Å². The van der Waals surface area contributed by atoms with Crippen LogP contribution in [0.5, 0.6) is 0 Å². The van der Waals surface area contributed by atoms with Crippen LogP contribution in [0.4, 0.5) is 5.69 Å². The number of rotatable bonds is 3. The molecule has 148 valence electrons. The molecule has 1 aromatic carbocycles. The summed E-state index contributed by atoms with van der Waals surface area (Å²) < 4.78 is 1.33. The molecule has 0 radical (unpaired) electrons. The third kappa shape index (κ3) is 3.64. The quantitative estimate of drug-likeness (QED) is 0.431. The summed E-state index contributed by atoms with van der Waals surface area (Å²) in [6.45, 7) is 1.21. The van der Waals surface area contributed by atoms with Crippen molar-refractivity contribution in [3.63, 3.8) is 0 Å². The largest absolute Gasteiger partial charge is 0.349 e. The number of amides is 1. The molecule has 0 atom stereocenters. The van der Waals surface area contributed by atoms with Gasteiger partial charge in [-0.05, 0) is 18.2 Å². The Labute approximate surface area is 164 Å².